The standard InChI is InChI=1S/C10H15O8P/c11-6-3-1-5(2-4-6)7(9(12)13)8(10(14)15)19(16,17)18/h1,3,5-8,11H,2,4H2,(H,12,13)(H,14,15)(H2,16,17,18). The second kappa shape index (κ2) is 5.83. The highest BCUT2D eigenvalue weighted by Crippen LogP contribution is 2.48. The third-order valence-electron chi connectivity index (χ3n) is 3.08. The number of carboxylic acid groups (broad SMARTS) is 2. The van der Waals surface area contributed by atoms with Crippen molar-refractivity contribution in [3.05, 3.63) is 12.2 Å². The Bertz CT molecular complexity index is 439. The average Bonchev–Trinajstić information content (AvgIpc) is 2.24. The largest absolute Gasteiger partial charge is 0.481 e. The predicted octanol–water partition coefficient (Wildman–Crippen LogP) is -0.355. The second-order valence-electron chi connectivity index (χ2n) is 4.43. The van der Waals surface area contributed by atoms with Crippen LogP contribution < -0.4 is 0 Å². The van der Waals surface area contributed by atoms with Gasteiger partial charge in [-0.1, -0.05) is 12.2 Å². The number of carboxylic acids is 2. The second-order valence-corrected chi connectivity index (χ2v) is 6.16. The maximum Gasteiger partial charge on any atom is 0.340 e. The molecule has 0 aromatic heterocycles. The molecule has 0 amide bonds. The monoisotopic (exact) mass is 294 g/mol. The van der Waals surface area contributed by atoms with E-state index in [9.17, 15) is 19.3 Å². The molecule has 1 aliphatic carbocycles. The van der Waals surface area contributed by atoms with E-state index in [1.54, 1.807) is 0 Å². The lowest BCUT2D eigenvalue weighted by Crippen LogP contribution is -2.40. The molecule has 4 unspecified atom stereocenters. The molecule has 0 bridgehead atoms. The van der Waals surface area contributed by atoms with Crippen molar-refractivity contribution in [2.24, 2.45) is 11.8 Å². The SMILES string of the molecule is O=C(O)C(C1C=CC(O)CC1)C(C(=O)O)P(=O)(O)O. The van der Waals surface area contributed by atoms with Gasteiger partial charge in [0.05, 0.1) is 12.0 Å². The fourth-order valence-corrected chi connectivity index (χ4v) is 3.24. The summed E-state index contributed by atoms with van der Waals surface area (Å²) in [4.78, 5) is 40.2. The first-order valence-electron chi connectivity index (χ1n) is 5.51. The van der Waals surface area contributed by atoms with Gasteiger partial charge in [-0.3, -0.25) is 14.2 Å². The first-order chi connectivity index (χ1) is 8.64. The topological polar surface area (TPSA) is 152 Å². The van der Waals surface area contributed by atoms with Crippen molar-refractivity contribution in [3.63, 3.8) is 0 Å². The van der Waals surface area contributed by atoms with Crippen LogP contribution in [0.4, 0.5) is 0 Å². The molecular weight excluding hydrogens is 279 g/mol. The summed E-state index contributed by atoms with van der Waals surface area (Å²) in [5, 5.41) is 27.2. The number of hydrogen-bond acceptors (Lipinski definition) is 4. The predicted molar refractivity (Wildman–Crippen MR) is 62.5 cm³/mol. The molecule has 0 spiro atoms. The molecule has 8 nitrogen and oxygen atoms in total. The molecule has 108 valence electrons. The van der Waals surface area contributed by atoms with Gasteiger partial charge in [-0.15, -0.1) is 0 Å². The maximum atomic E-state index is 11.2. The van der Waals surface area contributed by atoms with Crippen molar-refractivity contribution in [2.45, 2.75) is 24.6 Å². The average molecular weight is 294 g/mol. The van der Waals surface area contributed by atoms with Gasteiger partial charge in [-0.05, 0) is 18.8 Å². The zero-order chi connectivity index (χ0) is 14.8. The molecule has 0 saturated heterocycles. The van der Waals surface area contributed by atoms with Crippen molar-refractivity contribution in [2.75, 3.05) is 0 Å². The Morgan fingerprint density at radius 3 is 2.00 bits per heavy atom. The molecule has 19 heavy (non-hydrogen) atoms. The molecule has 0 saturated carbocycles. The van der Waals surface area contributed by atoms with Gasteiger partial charge in [0, 0.05) is 0 Å². The summed E-state index contributed by atoms with van der Waals surface area (Å²) in [6.07, 6.45) is 2.24. The molecule has 4 atom stereocenters. The van der Waals surface area contributed by atoms with Crippen LogP contribution in [0.2, 0.25) is 0 Å². The Morgan fingerprint density at radius 1 is 1.11 bits per heavy atom. The zero-order valence-corrected chi connectivity index (χ0v) is 10.7. The van der Waals surface area contributed by atoms with Crippen LogP contribution in [0.15, 0.2) is 12.2 Å². The molecule has 0 heterocycles. The highest BCUT2D eigenvalue weighted by molar-refractivity contribution is 7.53. The molecule has 0 fully saturated rings. The molecule has 1 aliphatic rings. The van der Waals surface area contributed by atoms with E-state index >= 15 is 0 Å². The van der Waals surface area contributed by atoms with Crippen LogP contribution in [0.3, 0.4) is 0 Å². The molecular formula is C10H15O8P. The quantitative estimate of drug-likeness (QED) is 0.340. The van der Waals surface area contributed by atoms with Gasteiger partial charge < -0.3 is 25.1 Å². The molecule has 5 N–H and O–H groups in total. The van der Waals surface area contributed by atoms with Gasteiger partial charge in [-0.25, -0.2) is 0 Å². The van der Waals surface area contributed by atoms with Crippen molar-refractivity contribution < 1.29 is 39.3 Å². The minimum absolute atomic E-state index is 0.151. The van der Waals surface area contributed by atoms with Gasteiger partial charge in [0.1, 0.15) is 0 Å². The van der Waals surface area contributed by atoms with E-state index in [1.165, 1.54) is 12.2 Å². The van der Waals surface area contributed by atoms with Gasteiger partial charge in [0.2, 0.25) is 0 Å². The van der Waals surface area contributed by atoms with Crippen molar-refractivity contribution >= 4 is 19.5 Å². The lowest BCUT2D eigenvalue weighted by Gasteiger charge is -2.29. The molecule has 0 aliphatic heterocycles. The molecule has 0 aromatic carbocycles. The Hall–Kier alpha value is -1.21. The van der Waals surface area contributed by atoms with Crippen LogP contribution in [0, 0.1) is 11.8 Å². The van der Waals surface area contributed by atoms with Crippen LogP contribution in [0.5, 0.6) is 0 Å². The summed E-state index contributed by atoms with van der Waals surface area (Å²) in [5.41, 5.74) is -2.30. The Kier molecular flexibility index (Phi) is 4.86. The summed E-state index contributed by atoms with van der Waals surface area (Å²) < 4.78 is 11.2. The Balaban J connectivity index is 3.12. The van der Waals surface area contributed by atoms with Crippen LogP contribution in [-0.4, -0.2) is 48.8 Å². The first-order valence-corrected chi connectivity index (χ1v) is 7.20. The number of carbonyl (C=O) groups is 2. The number of rotatable bonds is 5. The lowest BCUT2D eigenvalue weighted by molar-refractivity contribution is -0.149. The molecule has 9 heteroatoms. The van der Waals surface area contributed by atoms with Crippen molar-refractivity contribution in [1.82, 2.24) is 0 Å². The number of aliphatic hydroxyl groups excluding tert-OH is 1. The molecule has 1 rings (SSSR count). The molecule has 0 radical (unpaired) electrons. The van der Waals surface area contributed by atoms with Gasteiger partial charge in [0.15, 0.2) is 5.66 Å². The third-order valence-corrected chi connectivity index (χ3v) is 4.35. The van der Waals surface area contributed by atoms with Crippen LogP contribution in [0.1, 0.15) is 12.8 Å². The van der Waals surface area contributed by atoms with Crippen molar-refractivity contribution in [3.8, 4) is 0 Å². The van der Waals surface area contributed by atoms with Crippen LogP contribution in [0.25, 0.3) is 0 Å². The summed E-state index contributed by atoms with van der Waals surface area (Å²) in [6.45, 7) is 0. The summed E-state index contributed by atoms with van der Waals surface area (Å²) in [6, 6.07) is 0. The normalized spacial score (nSPS) is 26.7. The third kappa shape index (κ3) is 3.87. The van der Waals surface area contributed by atoms with E-state index in [0.29, 0.717) is 0 Å². The van der Waals surface area contributed by atoms with Crippen LogP contribution >= 0.6 is 7.60 Å². The summed E-state index contributed by atoms with van der Waals surface area (Å²) >= 11 is 0. The first kappa shape index (κ1) is 15.8. The summed E-state index contributed by atoms with van der Waals surface area (Å²) in [7, 11) is -5.10. The highest BCUT2D eigenvalue weighted by Gasteiger charge is 2.49. The van der Waals surface area contributed by atoms with E-state index in [1.807, 2.05) is 0 Å². The van der Waals surface area contributed by atoms with E-state index in [4.69, 9.17) is 20.0 Å². The number of allylic oxidation sites excluding steroid dienone is 1. The van der Waals surface area contributed by atoms with E-state index in [0.717, 1.165) is 0 Å². The number of hydrogen-bond donors (Lipinski definition) is 5. The van der Waals surface area contributed by atoms with Crippen molar-refractivity contribution in [1.29, 1.82) is 0 Å². The molecule has 0 aromatic rings. The van der Waals surface area contributed by atoms with E-state index < -0.39 is 43.1 Å². The smallest absolute Gasteiger partial charge is 0.340 e. The zero-order valence-electron chi connectivity index (χ0n) is 9.79. The summed E-state index contributed by atoms with van der Waals surface area (Å²) in [5.74, 6) is -6.00. The lowest BCUT2D eigenvalue weighted by atomic mass is 9.81. The van der Waals surface area contributed by atoms with Gasteiger partial charge >= 0.3 is 19.5 Å². The minimum Gasteiger partial charge on any atom is -0.481 e. The minimum atomic E-state index is -5.10. The maximum absolute atomic E-state index is 11.2. The Labute approximate surface area is 108 Å². The van der Waals surface area contributed by atoms with Gasteiger partial charge in [-0.2, -0.15) is 0 Å². The number of aliphatic hydroxyl groups is 1. The number of aliphatic carboxylic acids is 2. The fourth-order valence-electron chi connectivity index (χ4n) is 2.18. The van der Waals surface area contributed by atoms with E-state index in [2.05, 4.69) is 0 Å². The highest BCUT2D eigenvalue weighted by atomic mass is 31.2. The van der Waals surface area contributed by atoms with Gasteiger partial charge in [0.25, 0.3) is 0 Å². The van der Waals surface area contributed by atoms with E-state index in [-0.39, 0.29) is 12.8 Å². The fraction of sp³-hybridized carbons (Fsp3) is 0.600. The van der Waals surface area contributed by atoms with Crippen LogP contribution in [-0.2, 0) is 14.2 Å². The Morgan fingerprint density at radius 2 is 1.68 bits per heavy atom.